The van der Waals surface area contributed by atoms with Crippen LogP contribution in [0.3, 0.4) is 0 Å². The summed E-state index contributed by atoms with van der Waals surface area (Å²) in [4.78, 5) is 13.2. The predicted octanol–water partition coefficient (Wildman–Crippen LogP) is 6.83. The van der Waals surface area contributed by atoms with Crippen molar-refractivity contribution in [2.24, 2.45) is 0 Å². The van der Waals surface area contributed by atoms with Gasteiger partial charge in [0.2, 0.25) is 5.75 Å². The molecule has 0 aliphatic carbocycles. The molecule has 0 radical (unpaired) electrons. The lowest BCUT2D eigenvalue weighted by Gasteiger charge is -2.21. The summed E-state index contributed by atoms with van der Waals surface area (Å²) in [7, 11) is 3.04. The molecule has 38 heavy (non-hydrogen) atoms. The van der Waals surface area contributed by atoms with Gasteiger partial charge in [-0.05, 0) is 64.1 Å². The van der Waals surface area contributed by atoms with Gasteiger partial charge in [0.25, 0.3) is 0 Å². The molecular weight excluding hydrogens is 476 g/mol. The molecule has 200 valence electrons. The zero-order valence-corrected chi connectivity index (χ0v) is 23.2. The number of nitrogens with one attached hydrogen (secondary N) is 1. The first-order valence-electron chi connectivity index (χ1n) is 13.2. The number of imidazole rings is 1. The largest absolute Gasteiger partial charge is 0.502 e. The third-order valence-corrected chi connectivity index (χ3v) is 7.01. The zero-order valence-electron chi connectivity index (χ0n) is 23.2. The molecule has 0 aliphatic heterocycles. The summed E-state index contributed by atoms with van der Waals surface area (Å²) in [5, 5.41) is 10.4. The number of benzene rings is 3. The summed E-state index contributed by atoms with van der Waals surface area (Å²) < 4.78 is 10.8. The standard InChI is InChI=1S/C31H38N4O3/c1-7-34(8-2)24-15-11-21(12-16-24)28-29(22-13-17-25(18-14-22)35(9-3)10-4)33-31(32-28)23-19-26(37-5)30(36)27(20-23)38-6/h11-20,36H,7-10H2,1-6H3,(H,32,33). The number of hydrogen-bond acceptors (Lipinski definition) is 6. The van der Waals surface area contributed by atoms with Gasteiger partial charge >= 0.3 is 0 Å². The van der Waals surface area contributed by atoms with E-state index in [0.29, 0.717) is 17.3 Å². The molecule has 0 aliphatic rings. The molecule has 0 saturated heterocycles. The van der Waals surface area contributed by atoms with E-state index in [-0.39, 0.29) is 5.75 Å². The van der Waals surface area contributed by atoms with Crippen LogP contribution in [0, 0.1) is 0 Å². The average Bonchev–Trinajstić information content (AvgIpc) is 3.41. The number of aromatic hydroxyl groups is 1. The molecule has 0 saturated carbocycles. The number of anilines is 2. The van der Waals surface area contributed by atoms with E-state index in [9.17, 15) is 5.11 Å². The zero-order chi connectivity index (χ0) is 27.2. The van der Waals surface area contributed by atoms with Crippen LogP contribution in [0.2, 0.25) is 0 Å². The Morgan fingerprint density at radius 1 is 0.684 bits per heavy atom. The number of ether oxygens (including phenoxy) is 2. The molecule has 7 nitrogen and oxygen atoms in total. The molecule has 2 N–H and O–H groups in total. The molecule has 3 aromatic carbocycles. The van der Waals surface area contributed by atoms with Crippen LogP contribution >= 0.6 is 0 Å². The van der Waals surface area contributed by atoms with E-state index in [4.69, 9.17) is 14.5 Å². The Hall–Kier alpha value is -4.13. The van der Waals surface area contributed by atoms with Crippen molar-refractivity contribution in [1.29, 1.82) is 0 Å². The predicted molar refractivity (Wildman–Crippen MR) is 157 cm³/mol. The SMILES string of the molecule is CCN(CC)c1ccc(-c2nc(-c3cc(OC)c(O)c(OC)c3)[nH]c2-c2ccc(N(CC)CC)cc2)cc1. The molecule has 1 heterocycles. The molecule has 0 fully saturated rings. The van der Waals surface area contributed by atoms with Crippen LogP contribution in [0.15, 0.2) is 60.7 Å². The van der Waals surface area contributed by atoms with E-state index in [1.54, 1.807) is 12.1 Å². The maximum absolute atomic E-state index is 10.4. The van der Waals surface area contributed by atoms with Crippen molar-refractivity contribution in [3.63, 3.8) is 0 Å². The Bertz CT molecular complexity index is 1240. The average molecular weight is 515 g/mol. The molecule has 4 aromatic rings. The van der Waals surface area contributed by atoms with Gasteiger partial charge in [0.05, 0.1) is 25.6 Å². The van der Waals surface area contributed by atoms with Crippen molar-refractivity contribution >= 4 is 11.4 Å². The van der Waals surface area contributed by atoms with E-state index in [0.717, 1.165) is 54.3 Å². The molecule has 1 aromatic heterocycles. The lowest BCUT2D eigenvalue weighted by atomic mass is 10.0. The minimum atomic E-state index is -0.0373. The van der Waals surface area contributed by atoms with Crippen molar-refractivity contribution < 1.29 is 14.6 Å². The maximum Gasteiger partial charge on any atom is 0.200 e. The molecule has 0 spiro atoms. The quantitative estimate of drug-likeness (QED) is 0.229. The van der Waals surface area contributed by atoms with Crippen molar-refractivity contribution in [3.8, 4) is 51.2 Å². The fraction of sp³-hybridized carbons (Fsp3) is 0.323. The Kier molecular flexibility index (Phi) is 8.46. The molecule has 0 amide bonds. The smallest absolute Gasteiger partial charge is 0.200 e. The van der Waals surface area contributed by atoms with Gasteiger partial charge in [-0.25, -0.2) is 4.98 Å². The van der Waals surface area contributed by atoms with Gasteiger partial charge < -0.3 is 29.4 Å². The second-order valence-electron chi connectivity index (χ2n) is 8.98. The van der Waals surface area contributed by atoms with Crippen LogP contribution in [0.4, 0.5) is 11.4 Å². The number of rotatable bonds is 11. The molecule has 0 atom stereocenters. The minimum absolute atomic E-state index is 0.0373. The third kappa shape index (κ3) is 5.28. The van der Waals surface area contributed by atoms with Crippen LogP contribution in [0.1, 0.15) is 27.7 Å². The molecular formula is C31H38N4O3. The summed E-state index contributed by atoms with van der Waals surface area (Å²) in [6, 6.07) is 20.7. The van der Waals surface area contributed by atoms with Crippen LogP contribution in [-0.2, 0) is 0 Å². The van der Waals surface area contributed by atoms with Crippen molar-refractivity contribution in [2.75, 3.05) is 50.2 Å². The van der Waals surface area contributed by atoms with Gasteiger partial charge in [-0.1, -0.05) is 24.3 Å². The first-order valence-corrected chi connectivity index (χ1v) is 13.2. The maximum atomic E-state index is 10.4. The summed E-state index contributed by atoms with van der Waals surface area (Å²) >= 11 is 0. The highest BCUT2D eigenvalue weighted by Crippen LogP contribution is 2.41. The van der Waals surface area contributed by atoms with Gasteiger partial charge in [-0.3, -0.25) is 0 Å². The van der Waals surface area contributed by atoms with Crippen LogP contribution in [-0.4, -0.2) is 55.5 Å². The number of phenolic OH excluding ortho intramolecular Hbond substituents is 1. The van der Waals surface area contributed by atoms with Gasteiger partial charge in [0.15, 0.2) is 11.5 Å². The topological polar surface area (TPSA) is 73.9 Å². The highest BCUT2D eigenvalue weighted by Gasteiger charge is 2.19. The number of methoxy groups -OCH3 is 2. The fourth-order valence-electron chi connectivity index (χ4n) is 4.80. The van der Waals surface area contributed by atoms with Crippen molar-refractivity contribution in [1.82, 2.24) is 9.97 Å². The number of aromatic nitrogens is 2. The fourth-order valence-corrected chi connectivity index (χ4v) is 4.80. The van der Waals surface area contributed by atoms with Crippen molar-refractivity contribution in [3.05, 3.63) is 60.7 Å². The third-order valence-electron chi connectivity index (χ3n) is 7.01. The van der Waals surface area contributed by atoms with Gasteiger partial charge in [-0.2, -0.15) is 0 Å². The second kappa shape index (κ2) is 11.9. The summed E-state index contributed by atoms with van der Waals surface area (Å²) in [5.74, 6) is 1.27. The Balaban J connectivity index is 1.84. The monoisotopic (exact) mass is 514 g/mol. The van der Waals surface area contributed by atoms with Gasteiger partial charge in [-0.15, -0.1) is 0 Å². The Morgan fingerprint density at radius 3 is 1.55 bits per heavy atom. The van der Waals surface area contributed by atoms with E-state index in [1.165, 1.54) is 25.6 Å². The highest BCUT2D eigenvalue weighted by atomic mass is 16.5. The number of hydrogen-bond donors (Lipinski definition) is 2. The van der Waals surface area contributed by atoms with Crippen LogP contribution in [0.25, 0.3) is 33.9 Å². The highest BCUT2D eigenvalue weighted by molar-refractivity contribution is 5.83. The van der Waals surface area contributed by atoms with Crippen LogP contribution < -0.4 is 19.3 Å². The minimum Gasteiger partial charge on any atom is -0.502 e. The molecule has 0 unspecified atom stereocenters. The van der Waals surface area contributed by atoms with E-state index in [2.05, 4.69) is 91.0 Å². The molecule has 4 rings (SSSR count). The Labute approximate surface area is 225 Å². The number of H-pyrrole nitrogens is 1. The molecule has 0 bridgehead atoms. The first kappa shape index (κ1) is 26.9. The van der Waals surface area contributed by atoms with E-state index in [1.807, 2.05) is 0 Å². The number of nitrogens with zero attached hydrogens (tertiary/aromatic N) is 3. The van der Waals surface area contributed by atoms with Crippen molar-refractivity contribution in [2.45, 2.75) is 27.7 Å². The Morgan fingerprint density at radius 2 is 1.13 bits per heavy atom. The number of aromatic amines is 1. The first-order chi connectivity index (χ1) is 18.5. The summed E-state index contributed by atoms with van der Waals surface area (Å²) in [6.07, 6.45) is 0. The normalized spacial score (nSPS) is 10.9. The van der Waals surface area contributed by atoms with Gasteiger partial charge in [0, 0.05) is 54.2 Å². The summed E-state index contributed by atoms with van der Waals surface area (Å²) in [5.41, 5.74) is 6.97. The lowest BCUT2D eigenvalue weighted by molar-refractivity contribution is 0.340. The second-order valence-corrected chi connectivity index (χ2v) is 8.98. The van der Waals surface area contributed by atoms with E-state index < -0.39 is 0 Å². The molecule has 7 heteroatoms. The van der Waals surface area contributed by atoms with Gasteiger partial charge in [0.1, 0.15) is 5.82 Å². The van der Waals surface area contributed by atoms with Crippen LogP contribution in [0.5, 0.6) is 17.2 Å². The van der Waals surface area contributed by atoms with E-state index >= 15 is 0 Å². The summed E-state index contributed by atoms with van der Waals surface area (Å²) in [6.45, 7) is 12.5. The lowest BCUT2D eigenvalue weighted by Crippen LogP contribution is -2.21. The number of phenols is 1.